The highest BCUT2D eigenvalue weighted by Gasteiger charge is 2.46. The fourth-order valence-corrected chi connectivity index (χ4v) is 5.01. The van der Waals surface area contributed by atoms with Crippen molar-refractivity contribution >= 4 is 40.7 Å². The highest BCUT2D eigenvalue weighted by atomic mass is 35.5. The molecule has 1 unspecified atom stereocenters. The monoisotopic (exact) mass is 558 g/mol. The molecule has 2 aliphatic rings. The van der Waals surface area contributed by atoms with Gasteiger partial charge in [-0.3, -0.25) is 0 Å². The highest BCUT2D eigenvalue weighted by molar-refractivity contribution is 6.30. The number of aromatic nitrogens is 4. The minimum Gasteiger partial charge on any atom is -0.494 e. The summed E-state index contributed by atoms with van der Waals surface area (Å²) in [6, 6.07) is 12.9. The van der Waals surface area contributed by atoms with Gasteiger partial charge in [-0.1, -0.05) is 35.3 Å². The quantitative estimate of drug-likeness (QED) is 0.318. The van der Waals surface area contributed by atoms with Crippen molar-refractivity contribution in [2.75, 3.05) is 37.0 Å². The Hall–Kier alpha value is -3.47. The summed E-state index contributed by atoms with van der Waals surface area (Å²) >= 11 is 12.1. The van der Waals surface area contributed by atoms with Crippen molar-refractivity contribution in [2.24, 2.45) is 0 Å². The number of nitrogens with one attached hydrogen (secondary N) is 1. The molecule has 0 radical (unpaired) electrons. The van der Waals surface area contributed by atoms with Crippen LogP contribution in [0.3, 0.4) is 0 Å². The van der Waals surface area contributed by atoms with E-state index >= 15 is 0 Å². The zero-order valence-corrected chi connectivity index (χ0v) is 21.7. The van der Waals surface area contributed by atoms with E-state index in [2.05, 4.69) is 15.3 Å². The molecule has 6 rings (SSSR count). The first-order chi connectivity index (χ1) is 18.3. The number of nitrogens with zero attached hydrogens (tertiary/aromatic N) is 5. The van der Waals surface area contributed by atoms with Gasteiger partial charge in [0.1, 0.15) is 23.0 Å². The fourth-order valence-electron chi connectivity index (χ4n) is 4.73. The largest absolute Gasteiger partial charge is 0.494 e. The molecule has 0 saturated carbocycles. The minimum absolute atomic E-state index is 0.206. The van der Waals surface area contributed by atoms with Crippen molar-refractivity contribution in [3.63, 3.8) is 0 Å². The van der Waals surface area contributed by atoms with Gasteiger partial charge in [-0.2, -0.15) is 4.98 Å². The van der Waals surface area contributed by atoms with E-state index in [1.807, 2.05) is 36.4 Å². The Morgan fingerprint density at radius 2 is 1.89 bits per heavy atom. The Morgan fingerprint density at radius 1 is 1.11 bits per heavy atom. The number of ether oxygens (including phenoxy) is 2. The maximum atomic E-state index is 13.8. The average Bonchev–Trinajstić information content (AvgIpc) is 3.33. The zero-order valence-electron chi connectivity index (χ0n) is 20.2. The second kappa shape index (κ2) is 9.68. The molecule has 1 N–H and O–H groups in total. The molecule has 2 aliphatic heterocycles. The van der Waals surface area contributed by atoms with Crippen LogP contribution in [0.2, 0.25) is 10.2 Å². The number of benzene rings is 2. The minimum atomic E-state index is -2.75. The van der Waals surface area contributed by atoms with Crippen LogP contribution in [0.15, 0.2) is 55.0 Å². The number of fused-ring (bicyclic) bond motifs is 1. The standard InChI is InChI=1S/C26H22Cl2F2N6O2/c1-37-21-8-17(6-7-20(21)35-9-22(28)31-14-35)32-25-33-23-18(15-2-4-16(27)5-3-15)10-38-11-19(23)24(34-25)36-12-26(29,30)13-36/h2-9,14,18H,10-13H2,1H3,(H,32,33,34). The molecule has 0 amide bonds. The molecule has 38 heavy (non-hydrogen) atoms. The van der Waals surface area contributed by atoms with Crippen molar-refractivity contribution in [1.29, 1.82) is 0 Å². The first-order valence-corrected chi connectivity index (χ1v) is 12.6. The highest BCUT2D eigenvalue weighted by Crippen LogP contribution is 2.40. The van der Waals surface area contributed by atoms with E-state index in [9.17, 15) is 8.78 Å². The van der Waals surface area contributed by atoms with Crippen LogP contribution >= 0.6 is 23.2 Å². The maximum Gasteiger partial charge on any atom is 0.282 e. The van der Waals surface area contributed by atoms with Crippen LogP contribution in [0.5, 0.6) is 5.75 Å². The van der Waals surface area contributed by atoms with Gasteiger partial charge >= 0.3 is 0 Å². The molecule has 12 heteroatoms. The third kappa shape index (κ3) is 4.75. The zero-order chi connectivity index (χ0) is 26.4. The number of methoxy groups -OCH3 is 1. The molecule has 0 aliphatic carbocycles. The van der Waals surface area contributed by atoms with Gasteiger partial charge in [0.25, 0.3) is 5.92 Å². The van der Waals surface area contributed by atoms with E-state index < -0.39 is 19.0 Å². The number of anilines is 3. The molecule has 4 heterocycles. The van der Waals surface area contributed by atoms with Gasteiger partial charge in [-0.25, -0.2) is 18.7 Å². The molecule has 4 aromatic rings. The van der Waals surface area contributed by atoms with Crippen LogP contribution in [0.25, 0.3) is 5.69 Å². The summed E-state index contributed by atoms with van der Waals surface area (Å²) in [6.45, 7) is -0.168. The van der Waals surface area contributed by atoms with Gasteiger partial charge in [-0.05, 0) is 29.8 Å². The van der Waals surface area contributed by atoms with Crippen molar-refractivity contribution in [1.82, 2.24) is 19.5 Å². The predicted octanol–water partition coefficient (Wildman–Crippen LogP) is 5.84. The van der Waals surface area contributed by atoms with Crippen molar-refractivity contribution in [3.8, 4) is 11.4 Å². The van der Waals surface area contributed by atoms with Gasteiger partial charge in [0.2, 0.25) is 5.95 Å². The number of hydrogen-bond acceptors (Lipinski definition) is 7. The lowest BCUT2D eigenvalue weighted by Gasteiger charge is -2.41. The summed E-state index contributed by atoms with van der Waals surface area (Å²) in [4.78, 5) is 15.1. The van der Waals surface area contributed by atoms with Crippen molar-refractivity contribution in [3.05, 3.63) is 82.0 Å². The van der Waals surface area contributed by atoms with Crippen LogP contribution in [-0.4, -0.2) is 52.2 Å². The molecule has 0 spiro atoms. The molecule has 8 nitrogen and oxygen atoms in total. The van der Waals surface area contributed by atoms with E-state index in [0.29, 0.717) is 39.6 Å². The Kier molecular flexibility index (Phi) is 6.33. The normalized spacial score (nSPS) is 18.0. The first-order valence-electron chi connectivity index (χ1n) is 11.8. The molecule has 2 aromatic heterocycles. The summed E-state index contributed by atoms with van der Waals surface area (Å²) in [6.07, 6.45) is 3.27. The van der Waals surface area contributed by atoms with Gasteiger partial charge in [0, 0.05) is 28.5 Å². The molecular weight excluding hydrogens is 537 g/mol. The maximum absolute atomic E-state index is 13.8. The first kappa shape index (κ1) is 24.8. The van der Waals surface area contributed by atoms with E-state index in [1.165, 1.54) is 0 Å². The molecule has 2 aromatic carbocycles. The molecule has 1 saturated heterocycles. The molecule has 1 fully saturated rings. The third-order valence-corrected chi connectivity index (χ3v) is 7.01. The summed E-state index contributed by atoms with van der Waals surface area (Å²) < 4.78 is 40.8. The van der Waals surface area contributed by atoms with Gasteiger partial charge in [0.15, 0.2) is 0 Å². The molecule has 1 atom stereocenters. The lowest BCUT2D eigenvalue weighted by atomic mass is 9.91. The molecular formula is C26H22Cl2F2N6O2. The smallest absolute Gasteiger partial charge is 0.282 e. The van der Waals surface area contributed by atoms with Gasteiger partial charge in [0.05, 0.1) is 50.7 Å². The van der Waals surface area contributed by atoms with E-state index in [0.717, 1.165) is 16.9 Å². The molecule has 0 bridgehead atoms. The van der Waals surface area contributed by atoms with E-state index in [-0.39, 0.29) is 18.5 Å². The van der Waals surface area contributed by atoms with Gasteiger partial charge in [-0.15, -0.1) is 0 Å². The van der Waals surface area contributed by atoms with E-state index in [1.54, 1.807) is 35.2 Å². The second-order valence-corrected chi connectivity index (χ2v) is 10.0. The molecule has 196 valence electrons. The predicted molar refractivity (Wildman–Crippen MR) is 141 cm³/mol. The topological polar surface area (TPSA) is 77.3 Å². The van der Waals surface area contributed by atoms with Crippen LogP contribution in [0.4, 0.5) is 26.2 Å². The fraction of sp³-hybridized carbons (Fsp3) is 0.269. The van der Waals surface area contributed by atoms with E-state index in [4.69, 9.17) is 37.7 Å². The Morgan fingerprint density at radius 3 is 2.58 bits per heavy atom. The van der Waals surface area contributed by atoms with Gasteiger partial charge < -0.3 is 24.3 Å². The number of rotatable bonds is 6. The summed E-state index contributed by atoms with van der Waals surface area (Å²) in [5.41, 5.74) is 3.81. The number of hydrogen-bond donors (Lipinski definition) is 1. The Bertz CT molecular complexity index is 1490. The van der Waals surface area contributed by atoms with Crippen molar-refractivity contribution < 1.29 is 18.3 Å². The lowest BCUT2D eigenvalue weighted by Crippen LogP contribution is -2.57. The Labute approximate surface area is 227 Å². The van der Waals surface area contributed by atoms with Crippen LogP contribution < -0.4 is 15.0 Å². The van der Waals surface area contributed by atoms with Crippen molar-refractivity contribution in [2.45, 2.75) is 18.4 Å². The van der Waals surface area contributed by atoms with Crippen LogP contribution in [0.1, 0.15) is 22.7 Å². The van der Waals surface area contributed by atoms with Crippen LogP contribution in [-0.2, 0) is 11.3 Å². The number of imidazole rings is 1. The number of halogens is 4. The summed E-state index contributed by atoms with van der Waals surface area (Å²) in [5.74, 6) is -1.66. The number of alkyl halides is 2. The Balaban J connectivity index is 1.39. The lowest BCUT2D eigenvalue weighted by molar-refractivity contribution is -0.0271. The summed E-state index contributed by atoms with van der Waals surface area (Å²) in [7, 11) is 1.56. The third-order valence-electron chi connectivity index (χ3n) is 6.56. The SMILES string of the molecule is COc1cc(Nc2nc3c(c(N4CC(F)(F)C4)n2)COCC3c2ccc(Cl)cc2)ccc1-n1cnc(Cl)c1. The summed E-state index contributed by atoms with van der Waals surface area (Å²) in [5, 5.41) is 4.21. The average molecular weight is 559 g/mol. The second-order valence-electron chi connectivity index (χ2n) is 9.18. The van der Waals surface area contributed by atoms with Crippen LogP contribution in [0, 0.1) is 0 Å².